The minimum absolute atomic E-state index is 0.303. The van der Waals surface area contributed by atoms with Gasteiger partial charge in [0.1, 0.15) is 5.25 Å². The van der Waals surface area contributed by atoms with Gasteiger partial charge in [0, 0.05) is 24.4 Å². The molecular weight excluding hydrogens is 318 g/mol. The predicted molar refractivity (Wildman–Crippen MR) is 99.7 cm³/mol. The maximum absolute atomic E-state index is 10.3. The van der Waals surface area contributed by atoms with Gasteiger partial charge in [-0.05, 0) is 37.9 Å². The molecule has 1 aromatic rings. The Kier molecular flexibility index (Phi) is 6.30. The Morgan fingerprint density at radius 2 is 2.04 bits per heavy atom. The van der Waals surface area contributed by atoms with Crippen molar-refractivity contribution in [2.45, 2.75) is 37.0 Å². The zero-order valence-corrected chi connectivity index (χ0v) is 14.8. The summed E-state index contributed by atoms with van der Waals surface area (Å²) >= 11 is 1.52. The van der Waals surface area contributed by atoms with Crippen molar-refractivity contribution in [2.75, 3.05) is 31.9 Å². The van der Waals surface area contributed by atoms with E-state index in [1.807, 2.05) is 12.1 Å². The summed E-state index contributed by atoms with van der Waals surface area (Å²) in [4.78, 5) is 6.95. The van der Waals surface area contributed by atoms with Gasteiger partial charge >= 0.3 is 0 Å². The number of aliphatic imine (C=N–C) groups is 1. The first-order valence-electron chi connectivity index (χ1n) is 8.82. The van der Waals surface area contributed by atoms with E-state index in [1.165, 1.54) is 36.6 Å². The zero-order chi connectivity index (χ0) is 16.8. The van der Waals surface area contributed by atoms with E-state index in [2.05, 4.69) is 28.1 Å². The summed E-state index contributed by atoms with van der Waals surface area (Å²) in [5.41, 5.74) is 3.26. The molecule has 4 nitrogen and oxygen atoms in total. The number of benzene rings is 1. The maximum atomic E-state index is 10.3. The molecule has 2 heterocycles. The number of aliphatic hydroxyl groups is 1. The molecule has 24 heavy (non-hydrogen) atoms. The van der Waals surface area contributed by atoms with Gasteiger partial charge in [-0.1, -0.05) is 30.7 Å². The number of fused-ring (bicyclic) bond motifs is 1. The lowest BCUT2D eigenvalue weighted by Crippen LogP contribution is -2.37. The van der Waals surface area contributed by atoms with Gasteiger partial charge in [-0.15, -0.1) is 11.8 Å². The lowest BCUT2D eigenvalue weighted by atomic mass is 9.96. The number of hydrogen-bond acceptors (Lipinski definition) is 5. The summed E-state index contributed by atoms with van der Waals surface area (Å²) < 4.78 is 0. The third kappa shape index (κ3) is 4.38. The van der Waals surface area contributed by atoms with Crippen LogP contribution in [-0.4, -0.2) is 59.0 Å². The van der Waals surface area contributed by atoms with Crippen LogP contribution in [0.4, 0.5) is 0 Å². The molecule has 0 aliphatic carbocycles. The average molecular weight is 343 g/mol. The van der Waals surface area contributed by atoms with Crippen LogP contribution in [0.5, 0.6) is 0 Å². The number of aliphatic hydroxyl groups excluding tert-OH is 1. The lowest BCUT2D eigenvalue weighted by molar-refractivity contribution is 0.117. The van der Waals surface area contributed by atoms with Crippen molar-refractivity contribution in [1.29, 1.82) is 5.26 Å². The molecule has 1 N–H and O–H groups in total. The first-order chi connectivity index (χ1) is 11.8. The number of rotatable bonds is 6. The molecule has 0 saturated carbocycles. The second kappa shape index (κ2) is 8.66. The Hall–Kier alpha value is -1.35. The first kappa shape index (κ1) is 17.5. The molecule has 2 unspecified atom stereocenters. The van der Waals surface area contributed by atoms with Crippen molar-refractivity contribution in [3.8, 4) is 6.07 Å². The Morgan fingerprint density at radius 3 is 2.83 bits per heavy atom. The maximum Gasteiger partial charge on any atom is 0.134 e. The highest BCUT2D eigenvalue weighted by Gasteiger charge is 2.24. The predicted octanol–water partition coefficient (Wildman–Crippen LogP) is 2.50. The SMILES string of the molecule is N#CC(SCC(O)CN1CCCCC1)C1=NCCc2ccccc21. The van der Waals surface area contributed by atoms with E-state index in [9.17, 15) is 10.4 Å². The van der Waals surface area contributed by atoms with E-state index in [-0.39, 0.29) is 11.4 Å². The number of nitrogens with zero attached hydrogens (tertiary/aromatic N) is 3. The Bertz CT molecular complexity index is 619. The zero-order valence-electron chi connectivity index (χ0n) is 14.0. The van der Waals surface area contributed by atoms with Crippen LogP contribution in [0, 0.1) is 11.3 Å². The van der Waals surface area contributed by atoms with Crippen LogP contribution in [0.2, 0.25) is 0 Å². The molecule has 2 aliphatic heterocycles. The summed E-state index contributed by atoms with van der Waals surface area (Å²) in [6, 6.07) is 10.6. The van der Waals surface area contributed by atoms with Crippen LogP contribution in [0.3, 0.4) is 0 Å². The number of likely N-dealkylation sites (tertiary alicyclic amines) is 1. The number of thioether (sulfide) groups is 1. The summed E-state index contributed by atoms with van der Waals surface area (Å²) in [7, 11) is 0. The van der Waals surface area contributed by atoms with Crippen molar-refractivity contribution in [3.05, 3.63) is 35.4 Å². The van der Waals surface area contributed by atoms with E-state index in [0.717, 1.165) is 37.3 Å². The van der Waals surface area contributed by atoms with Crippen LogP contribution >= 0.6 is 11.8 Å². The Balaban J connectivity index is 1.57. The van der Waals surface area contributed by atoms with Gasteiger partial charge in [0.15, 0.2) is 0 Å². The van der Waals surface area contributed by atoms with Crippen LogP contribution in [0.15, 0.2) is 29.3 Å². The molecule has 0 amide bonds. The highest BCUT2D eigenvalue weighted by molar-refractivity contribution is 8.00. The molecule has 2 atom stereocenters. The molecular formula is C19H25N3OS. The normalized spacial score (nSPS) is 20.6. The molecule has 0 aromatic heterocycles. The van der Waals surface area contributed by atoms with Crippen molar-refractivity contribution in [1.82, 2.24) is 4.90 Å². The second-order valence-corrected chi connectivity index (χ2v) is 7.67. The first-order valence-corrected chi connectivity index (χ1v) is 9.87. The van der Waals surface area contributed by atoms with Crippen molar-refractivity contribution in [3.63, 3.8) is 0 Å². The van der Waals surface area contributed by atoms with Gasteiger partial charge in [0.25, 0.3) is 0 Å². The van der Waals surface area contributed by atoms with E-state index in [4.69, 9.17) is 0 Å². The largest absolute Gasteiger partial charge is 0.391 e. The van der Waals surface area contributed by atoms with E-state index in [1.54, 1.807) is 0 Å². The van der Waals surface area contributed by atoms with Gasteiger partial charge < -0.3 is 10.0 Å². The van der Waals surface area contributed by atoms with Gasteiger partial charge in [-0.25, -0.2) is 0 Å². The summed E-state index contributed by atoms with van der Waals surface area (Å²) in [5.74, 6) is 0.579. The monoisotopic (exact) mass is 343 g/mol. The quantitative estimate of drug-likeness (QED) is 0.862. The number of nitriles is 1. The molecule has 1 aromatic carbocycles. The van der Waals surface area contributed by atoms with Crippen LogP contribution < -0.4 is 0 Å². The Morgan fingerprint density at radius 1 is 1.25 bits per heavy atom. The molecule has 5 heteroatoms. The van der Waals surface area contributed by atoms with E-state index < -0.39 is 0 Å². The molecule has 1 saturated heterocycles. The minimum atomic E-state index is -0.386. The number of hydrogen-bond donors (Lipinski definition) is 1. The highest BCUT2D eigenvalue weighted by Crippen LogP contribution is 2.24. The van der Waals surface area contributed by atoms with Crippen molar-refractivity contribution >= 4 is 17.5 Å². The minimum Gasteiger partial charge on any atom is -0.391 e. The van der Waals surface area contributed by atoms with Gasteiger partial charge in [-0.3, -0.25) is 4.99 Å². The molecule has 2 aliphatic rings. The lowest BCUT2D eigenvalue weighted by Gasteiger charge is -2.28. The second-order valence-electron chi connectivity index (χ2n) is 6.53. The Labute approximate surface area is 148 Å². The summed E-state index contributed by atoms with van der Waals surface area (Å²) in [6.07, 6.45) is 4.32. The smallest absolute Gasteiger partial charge is 0.134 e. The highest BCUT2D eigenvalue weighted by atomic mass is 32.2. The summed E-state index contributed by atoms with van der Waals surface area (Å²) in [5, 5.41) is 19.6. The molecule has 0 spiro atoms. The van der Waals surface area contributed by atoms with Gasteiger partial charge in [-0.2, -0.15) is 5.26 Å². The van der Waals surface area contributed by atoms with E-state index >= 15 is 0 Å². The van der Waals surface area contributed by atoms with E-state index in [0.29, 0.717) is 12.3 Å². The standard InChI is InChI=1S/C19H25N3OS/c20-12-18(19-17-7-3-2-6-15(17)8-9-21-19)24-14-16(23)13-22-10-4-1-5-11-22/h2-3,6-7,16,18,23H,1,4-5,8-11,13-14H2. The third-order valence-corrected chi connectivity index (χ3v) is 5.93. The molecule has 3 rings (SSSR count). The van der Waals surface area contributed by atoms with Crippen molar-refractivity contribution in [2.24, 2.45) is 4.99 Å². The molecule has 0 radical (unpaired) electrons. The fourth-order valence-corrected chi connectivity index (χ4v) is 4.43. The third-order valence-electron chi connectivity index (χ3n) is 4.70. The fraction of sp³-hybridized carbons (Fsp3) is 0.579. The fourth-order valence-electron chi connectivity index (χ4n) is 3.47. The van der Waals surface area contributed by atoms with Gasteiger partial charge in [0.2, 0.25) is 0 Å². The molecule has 128 valence electrons. The number of piperidine rings is 1. The van der Waals surface area contributed by atoms with Crippen LogP contribution in [0.1, 0.15) is 30.4 Å². The van der Waals surface area contributed by atoms with Gasteiger partial charge in [0.05, 0.1) is 17.9 Å². The van der Waals surface area contributed by atoms with Crippen LogP contribution in [0.25, 0.3) is 0 Å². The topological polar surface area (TPSA) is 59.6 Å². The summed E-state index contributed by atoms with van der Waals surface area (Å²) in [6.45, 7) is 3.64. The molecule has 1 fully saturated rings. The van der Waals surface area contributed by atoms with Crippen molar-refractivity contribution < 1.29 is 5.11 Å². The molecule has 0 bridgehead atoms. The average Bonchev–Trinajstić information content (AvgIpc) is 2.63. The number of β-amino-alcohol motifs (C(OH)–C–C–N with tert-alkyl or cyclic N) is 1. The van der Waals surface area contributed by atoms with Crippen LogP contribution in [-0.2, 0) is 6.42 Å².